The molecule has 1 heterocycles. The Morgan fingerprint density at radius 3 is 2.60 bits per heavy atom. The zero-order valence-corrected chi connectivity index (χ0v) is 9.66. The fraction of sp³-hybridized carbons (Fsp3) is 0.500. The Morgan fingerprint density at radius 1 is 1.40 bits per heavy atom. The molecule has 82 valence electrons. The van der Waals surface area contributed by atoms with Crippen molar-refractivity contribution in [3.05, 3.63) is 23.2 Å². The Balaban J connectivity index is 2.78. The van der Waals surface area contributed by atoms with Gasteiger partial charge in [0.15, 0.2) is 0 Å². The maximum atomic E-state index is 11.9. The molecule has 0 bridgehead atoms. The fourth-order valence-electron chi connectivity index (χ4n) is 1.26. The van der Waals surface area contributed by atoms with Gasteiger partial charge >= 0.3 is 0 Å². The molecule has 15 heavy (non-hydrogen) atoms. The maximum absolute atomic E-state index is 11.9. The smallest absolute Gasteiger partial charge is 0.274 e. The molecule has 4 nitrogen and oxygen atoms in total. The van der Waals surface area contributed by atoms with E-state index in [1.54, 1.807) is 4.90 Å². The molecule has 0 fully saturated rings. The van der Waals surface area contributed by atoms with E-state index in [0.717, 1.165) is 13.0 Å². The van der Waals surface area contributed by atoms with Crippen LogP contribution in [0.25, 0.3) is 0 Å². The fourth-order valence-corrected chi connectivity index (χ4v) is 1.36. The summed E-state index contributed by atoms with van der Waals surface area (Å²) in [6.07, 6.45) is 3.72. The van der Waals surface area contributed by atoms with Gasteiger partial charge in [0.2, 0.25) is 0 Å². The van der Waals surface area contributed by atoms with Crippen LogP contribution < -0.4 is 0 Å². The molecular formula is C10H14ClN3O. The minimum Gasteiger partial charge on any atom is -0.338 e. The first-order valence-electron chi connectivity index (χ1n) is 4.95. The molecule has 1 aromatic rings. The summed E-state index contributed by atoms with van der Waals surface area (Å²) in [7, 11) is 0. The molecule has 0 aliphatic heterocycles. The number of hydrogen-bond donors (Lipinski definition) is 0. The van der Waals surface area contributed by atoms with E-state index >= 15 is 0 Å². The summed E-state index contributed by atoms with van der Waals surface area (Å²) in [5.41, 5.74) is 0.342. The van der Waals surface area contributed by atoms with Crippen LogP contribution in [0.5, 0.6) is 0 Å². The molecule has 0 saturated heterocycles. The van der Waals surface area contributed by atoms with E-state index in [4.69, 9.17) is 11.6 Å². The van der Waals surface area contributed by atoms with E-state index in [2.05, 4.69) is 9.97 Å². The average molecular weight is 228 g/mol. The van der Waals surface area contributed by atoms with Crippen LogP contribution >= 0.6 is 11.6 Å². The van der Waals surface area contributed by atoms with Gasteiger partial charge in [0.1, 0.15) is 10.8 Å². The predicted molar refractivity (Wildman–Crippen MR) is 58.9 cm³/mol. The van der Waals surface area contributed by atoms with Gasteiger partial charge in [0, 0.05) is 13.1 Å². The Morgan fingerprint density at radius 2 is 2.13 bits per heavy atom. The molecule has 1 aromatic heterocycles. The van der Waals surface area contributed by atoms with Crippen molar-refractivity contribution in [1.29, 1.82) is 0 Å². The number of carbonyl (C=O) groups excluding carboxylic acids is 1. The number of nitrogens with zero attached hydrogens (tertiary/aromatic N) is 3. The molecule has 0 saturated carbocycles. The lowest BCUT2D eigenvalue weighted by Gasteiger charge is -2.19. The number of halogens is 1. The van der Waals surface area contributed by atoms with Crippen molar-refractivity contribution in [2.24, 2.45) is 0 Å². The highest BCUT2D eigenvalue weighted by Crippen LogP contribution is 2.05. The van der Waals surface area contributed by atoms with Gasteiger partial charge in [-0.2, -0.15) is 0 Å². The SMILES string of the molecule is CCCN(CC)C(=O)c1cnc(Cl)cn1. The van der Waals surface area contributed by atoms with E-state index in [0.29, 0.717) is 17.4 Å². The van der Waals surface area contributed by atoms with Crippen molar-refractivity contribution in [3.63, 3.8) is 0 Å². The van der Waals surface area contributed by atoms with Crippen molar-refractivity contribution in [2.45, 2.75) is 20.3 Å². The third-order valence-corrected chi connectivity index (χ3v) is 2.20. The van der Waals surface area contributed by atoms with Gasteiger partial charge < -0.3 is 4.90 Å². The highest BCUT2D eigenvalue weighted by molar-refractivity contribution is 6.29. The number of hydrogen-bond acceptors (Lipinski definition) is 3. The van der Waals surface area contributed by atoms with Gasteiger partial charge in [-0.25, -0.2) is 9.97 Å². The second kappa shape index (κ2) is 5.66. The van der Waals surface area contributed by atoms with E-state index < -0.39 is 0 Å². The number of carbonyl (C=O) groups is 1. The third kappa shape index (κ3) is 3.16. The molecule has 1 rings (SSSR count). The summed E-state index contributed by atoms with van der Waals surface area (Å²) in [6.45, 7) is 5.39. The minimum atomic E-state index is -0.0940. The first-order chi connectivity index (χ1) is 7.19. The number of amides is 1. The quantitative estimate of drug-likeness (QED) is 0.791. The van der Waals surface area contributed by atoms with Gasteiger partial charge in [-0.05, 0) is 13.3 Å². The first-order valence-corrected chi connectivity index (χ1v) is 5.33. The summed E-state index contributed by atoms with van der Waals surface area (Å²) in [4.78, 5) is 21.4. The maximum Gasteiger partial charge on any atom is 0.274 e. The molecule has 0 aromatic carbocycles. The normalized spacial score (nSPS) is 10.1. The molecular weight excluding hydrogens is 214 g/mol. The molecule has 1 amide bonds. The summed E-state index contributed by atoms with van der Waals surface area (Å²) < 4.78 is 0. The molecule has 0 N–H and O–H groups in total. The molecule has 0 aliphatic rings. The molecule has 0 atom stereocenters. The molecule has 0 unspecified atom stereocenters. The number of rotatable bonds is 4. The van der Waals surface area contributed by atoms with Gasteiger partial charge in [0.05, 0.1) is 12.4 Å². The lowest BCUT2D eigenvalue weighted by Crippen LogP contribution is -2.32. The van der Waals surface area contributed by atoms with E-state index in [1.165, 1.54) is 12.4 Å². The van der Waals surface area contributed by atoms with Crippen LogP contribution in [0.2, 0.25) is 5.15 Å². The molecule has 5 heteroatoms. The third-order valence-electron chi connectivity index (χ3n) is 2.00. The van der Waals surface area contributed by atoms with Gasteiger partial charge in [-0.3, -0.25) is 4.79 Å². The van der Waals surface area contributed by atoms with Gasteiger partial charge in [0.25, 0.3) is 5.91 Å². The van der Waals surface area contributed by atoms with Crippen molar-refractivity contribution < 1.29 is 4.79 Å². The standard InChI is InChI=1S/C10H14ClN3O/c1-3-5-14(4-2)10(15)8-6-13-9(11)7-12-8/h6-7H,3-5H2,1-2H3. The molecule has 0 spiro atoms. The molecule has 0 aliphatic carbocycles. The van der Waals surface area contributed by atoms with Crippen molar-refractivity contribution >= 4 is 17.5 Å². The van der Waals surface area contributed by atoms with Crippen LogP contribution in [0.1, 0.15) is 30.8 Å². The van der Waals surface area contributed by atoms with Gasteiger partial charge in [-0.15, -0.1) is 0 Å². The summed E-state index contributed by atoms with van der Waals surface area (Å²) >= 11 is 5.59. The Kier molecular flexibility index (Phi) is 4.49. The van der Waals surface area contributed by atoms with Gasteiger partial charge in [-0.1, -0.05) is 18.5 Å². The zero-order valence-electron chi connectivity index (χ0n) is 8.90. The number of aromatic nitrogens is 2. The largest absolute Gasteiger partial charge is 0.338 e. The van der Waals surface area contributed by atoms with E-state index in [1.807, 2.05) is 13.8 Å². The van der Waals surface area contributed by atoms with Crippen molar-refractivity contribution in [3.8, 4) is 0 Å². The van der Waals surface area contributed by atoms with Crippen LogP contribution in [0.4, 0.5) is 0 Å². The van der Waals surface area contributed by atoms with E-state index in [9.17, 15) is 4.79 Å². The Labute approximate surface area is 94.3 Å². The Bertz CT molecular complexity index is 326. The van der Waals surface area contributed by atoms with Crippen LogP contribution in [0.3, 0.4) is 0 Å². The first kappa shape index (κ1) is 11.9. The monoisotopic (exact) mass is 227 g/mol. The van der Waals surface area contributed by atoms with Crippen LogP contribution in [0, 0.1) is 0 Å². The summed E-state index contributed by atoms with van der Waals surface area (Å²) in [6, 6.07) is 0. The lowest BCUT2D eigenvalue weighted by atomic mass is 10.3. The van der Waals surface area contributed by atoms with Crippen LogP contribution in [-0.2, 0) is 0 Å². The lowest BCUT2D eigenvalue weighted by molar-refractivity contribution is 0.0758. The zero-order chi connectivity index (χ0) is 11.3. The van der Waals surface area contributed by atoms with Crippen molar-refractivity contribution in [2.75, 3.05) is 13.1 Å². The highest BCUT2D eigenvalue weighted by atomic mass is 35.5. The second-order valence-corrected chi connectivity index (χ2v) is 3.50. The topological polar surface area (TPSA) is 46.1 Å². The second-order valence-electron chi connectivity index (χ2n) is 3.11. The Hall–Kier alpha value is -1.16. The summed E-state index contributed by atoms with van der Waals surface area (Å²) in [5.74, 6) is -0.0940. The predicted octanol–water partition coefficient (Wildman–Crippen LogP) is 2.00. The van der Waals surface area contributed by atoms with Crippen molar-refractivity contribution in [1.82, 2.24) is 14.9 Å². The van der Waals surface area contributed by atoms with Crippen LogP contribution in [-0.4, -0.2) is 33.9 Å². The minimum absolute atomic E-state index is 0.0940. The molecule has 0 radical (unpaired) electrons. The van der Waals surface area contributed by atoms with Crippen LogP contribution in [0.15, 0.2) is 12.4 Å². The highest BCUT2D eigenvalue weighted by Gasteiger charge is 2.14. The average Bonchev–Trinajstić information content (AvgIpc) is 2.26. The summed E-state index contributed by atoms with van der Waals surface area (Å²) in [5, 5.41) is 0.296. The van der Waals surface area contributed by atoms with E-state index in [-0.39, 0.29) is 5.91 Å².